The van der Waals surface area contributed by atoms with E-state index in [1.54, 1.807) is 12.1 Å². The second-order valence-electron chi connectivity index (χ2n) is 5.79. The van der Waals surface area contributed by atoms with Gasteiger partial charge in [-0.15, -0.1) is 11.3 Å². The summed E-state index contributed by atoms with van der Waals surface area (Å²) in [7, 11) is 2.19. The topological polar surface area (TPSA) is 46.3 Å². The van der Waals surface area contributed by atoms with Crippen LogP contribution in [0.1, 0.15) is 28.1 Å². The van der Waals surface area contributed by atoms with E-state index in [2.05, 4.69) is 29.5 Å². The first-order valence-corrected chi connectivity index (χ1v) is 8.51. The molecular formula is C18H24N2OS. The van der Waals surface area contributed by atoms with Crippen molar-refractivity contribution in [2.75, 3.05) is 26.7 Å². The molecule has 0 atom stereocenters. The molecule has 0 bridgehead atoms. The van der Waals surface area contributed by atoms with E-state index >= 15 is 0 Å². The molecule has 1 saturated heterocycles. The molecule has 118 valence electrons. The smallest absolute Gasteiger partial charge is 0.150 e. The van der Waals surface area contributed by atoms with Gasteiger partial charge < -0.3 is 10.6 Å². The van der Waals surface area contributed by atoms with Crippen LogP contribution in [0.3, 0.4) is 0 Å². The van der Waals surface area contributed by atoms with Crippen molar-refractivity contribution in [3.05, 3.63) is 58.3 Å². The van der Waals surface area contributed by atoms with Gasteiger partial charge >= 0.3 is 0 Å². The molecule has 22 heavy (non-hydrogen) atoms. The summed E-state index contributed by atoms with van der Waals surface area (Å²) in [5, 5.41) is 2.16. The predicted molar refractivity (Wildman–Crippen MR) is 93.6 cm³/mol. The number of piperidine rings is 1. The van der Waals surface area contributed by atoms with Gasteiger partial charge in [0.15, 0.2) is 0 Å². The lowest BCUT2D eigenvalue weighted by molar-refractivity contribution is 0.112. The first kappa shape index (κ1) is 16.9. The molecule has 4 heteroatoms. The molecule has 1 aromatic carbocycles. The largest absolute Gasteiger partial charge is 0.330 e. The number of carbonyl (C=O) groups excluding carboxylic acids is 1. The van der Waals surface area contributed by atoms with Crippen LogP contribution in [0.15, 0.2) is 47.8 Å². The van der Waals surface area contributed by atoms with Crippen molar-refractivity contribution in [1.82, 2.24) is 4.90 Å². The van der Waals surface area contributed by atoms with Crippen LogP contribution in [0, 0.1) is 0 Å². The van der Waals surface area contributed by atoms with Gasteiger partial charge in [0, 0.05) is 22.4 Å². The number of nitrogens with zero attached hydrogens (tertiary/aromatic N) is 1. The van der Waals surface area contributed by atoms with Gasteiger partial charge in [-0.05, 0) is 44.4 Å². The zero-order valence-electron chi connectivity index (χ0n) is 13.1. The van der Waals surface area contributed by atoms with Gasteiger partial charge in [-0.2, -0.15) is 0 Å². The van der Waals surface area contributed by atoms with E-state index in [9.17, 15) is 4.79 Å². The summed E-state index contributed by atoms with van der Waals surface area (Å²) < 4.78 is 0. The lowest BCUT2D eigenvalue weighted by Crippen LogP contribution is -2.44. The normalized spacial score (nSPS) is 17.4. The van der Waals surface area contributed by atoms with Crippen LogP contribution in [0.25, 0.3) is 0 Å². The Bertz CT molecular complexity index is 546. The minimum absolute atomic E-state index is 0.278. The van der Waals surface area contributed by atoms with Crippen LogP contribution in [-0.4, -0.2) is 37.9 Å². The Morgan fingerprint density at radius 1 is 1.18 bits per heavy atom. The molecule has 1 aromatic heterocycles. The van der Waals surface area contributed by atoms with E-state index in [0.29, 0.717) is 0 Å². The minimum atomic E-state index is 0.278. The molecule has 1 aliphatic heterocycles. The molecular weight excluding hydrogens is 292 g/mol. The van der Waals surface area contributed by atoms with Gasteiger partial charge in [-0.3, -0.25) is 4.79 Å². The van der Waals surface area contributed by atoms with Crippen molar-refractivity contribution >= 4 is 17.6 Å². The average molecular weight is 316 g/mol. The van der Waals surface area contributed by atoms with Crippen LogP contribution in [-0.2, 0) is 5.41 Å². The number of carbonyl (C=O) groups is 1. The molecule has 0 radical (unpaired) electrons. The van der Waals surface area contributed by atoms with E-state index in [0.717, 1.165) is 18.4 Å². The molecule has 1 aliphatic rings. The molecule has 2 aromatic rings. The lowest BCUT2D eigenvalue weighted by atomic mass is 9.77. The summed E-state index contributed by atoms with van der Waals surface area (Å²) in [6.07, 6.45) is 3.25. The number of rotatable bonds is 3. The second kappa shape index (κ2) is 8.22. The molecule has 3 rings (SSSR count). The predicted octanol–water partition coefficient (Wildman–Crippen LogP) is 3.17. The fourth-order valence-corrected chi connectivity index (χ4v) is 3.71. The van der Waals surface area contributed by atoms with Crippen LogP contribution < -0.4 is 5.73 Å². The second-order valence-corrected chi connectivity index (χ2v) is 6.74. The monoisotopic (exact) mass is 316 g/mol. The van der Waals surface area contributed by atoms with Crippen molar-refractivity contribution in [2.24, 2.45) is 5.73 Å². The van der Waals surface area contributed by atoms with Crippen LogP contribution in [0.2, 0.25) is 0 Å². The van der Waals surface area contributed by atoms with Gasteiger partial charge in [-0.1, -0.05) is 36.4 Å². The van der Waals surface area contributed by atoms with Gasteiger partial charge in [0.05, 0.1) is 0 Å². The van der Waals surface area contributed by atoms with Gasteiger partial charge in [0.25, 0.3) is 0 Å². The van der Waals surface area contributed by atoms with E-state index in [4.69, 9.17) is 5.73 Å². The van der Waals surface area contributed by atoms with Crippen molar-refractivity contribution in [3.63, 3.8) is 0 Å². The van der Waals surface area contributed by atoms with Crippen LogP contribution in [0.5, 0.6) is 0 Å². The van der Waals surface area contributed by atoms with E-state index in [1.807, 2.05) is 29.5 Å². The molecule has 0 saturated carbocycles. The van der Waals surface area contributed by atoms with Gasteiger partial charge in [0.1, 0.15) is 6.29 Å². The van der Waals surface area contributed by atoms with Crippen molar-refractivity contribution in [3.8, 4) is 0 Å². The number of benzene rings is 1. The zero-order chi connectivity index (χ0) is 15.8. The summed E-state index contributed by atoms with van der Waals surface area (Å²) in [4.78, 5) is 13.9. The number of hydrogen-bond donors (Lipinski definition) is 1. The van der Waals surface area contributed by atoms with E-state index < -0.39 is 0 Å². The zero-order valence-corrected chi connectivity index (χ0v) is 13.9. The summed E-state index contributed by atoms with van der Waals surface area (Å²) in [6.45, 7) is 3.14. The highest BCUT2D eigenvalue weighted by molar-refractivity contribution is 7.10. The average Bonchev–Trinajstić information content (AvgIpc) is 3.12. The van der Waals surface area contributed by atoms with Crippen LogP contribution >= 0.6 is 11.3 Å². The number of aldehydes is 1. The Kier molecular flexibility index (Phi) is 6.31. The molecule has 2 heterocycles. The Balaban J connectivity index is 0.000000188. The van der Waals surface area contributed by atoms with Crippen molar-refractivity contribution in [1.29, 1.82) is 0 Å². The highest BCUT2D eigenvalue weighted by Gasteiger charge is 2.34. The Morgan fingerprint density at radius 2 is 1.86 bits per heavy atom. The Hall–Kier alpha value is -1.49. The molecule has 1 fully saturated rings. The number of nitrogens with two attached hydrogens (primary N) is 1. The van der Waals surface area contributed by atoms with Crippen molar-refractivity contribution in [2.45, 2.75) is 18.3 Å². The molecule has 0 aliphatic carbocycles. The molecule has 0 unspecified atom stereocenters. The first-order chi connectivity index (χ1) is 10.7. The lowest BCUT2D eigenvalue weighted by Gasteiger charge is -2.39. The maximum absolute atomic E-state index is 10.0. The Labute approximate surface area is 136 Å². The fraction of sp³-hybridized carbons (Fsp3) is 0.389. The van der Waals surface area contributed by atoms with E-state index in [-0.39, 0.29) is 5.41 Å². The maximum Gasteiger partial charge on any atom is 0.150 e. The first-order valence-electron chi connectivity index (χ1n) is 7.63. The maximum atomic E-state index is 10.0. The summed E-state index contributed by atoms with van der Waals surface area (Å²) in [6, 6.07) is 13.5. The fourth-order valence-electron chi connectivity index (χ4n) is 2.71. The summed E-state index contributed by atoms with van der Waals surface area (Å²) in [5.74, 6) is 0. The molecule has 2 N–H and O–H groups in total. The summed E-state index contributed by atoms with van der Waals surface area (Å²) >= 11 is 1.86. The summed E-state index contributed by atoms with van der Waals surface area (Å²) in [5.41, 5.74) is 6.97. The third-order valence-corrected chi connectivity index (χ3v) is 5.43. The number of thiophene rings is 1. The molecule has 3 nitrogen and oxygen atoms in total. The van der Waals surface area contributed by atoms with E-state index in [1.165, 1.54) is 30.8 Å². The quantitative estimate of drug-likeness (QED) is 0.885. The molecule has 0 spiro atoms. The van der Waals surface area contributed by atoms with Crippen molar-refractivity contribution < 1.29 is 4.79 Å². The standard InChI is InChI=1S/C11H18N2S.C7H6O/c1-13-6-4-11(9-12,5-7-13)10-3-2-8-14-10;8-6-7-4-2-1-3-5-7/h2-3,8H,4-7,9,12H2,1H3;1-6H. The Morgan fingerprint density at radius 3 is 2.32 bits per heavy atom. The van der Waals surface area contributed by atoms with Gasteiger partial charge in [0.2, 0.25) is 0 Å². The number of likely N-dealkylation sites (tertiary alicyclic amines) is 1. The highest BCUT2D eigenvalue weighted by atomic mass is 32.1. The number of hydrogen-bond acceptors (Lipinski definition) is 4. The third-order valence-electron chi connectivity index (χ3n) is 4.31. The molecule has 0 amide bonds. The minimum Gasteiger partial charge on any atom is -0.330 e. The highest BCUT2D eigenvalue weighted by Crippen LogP contribution is 2.36. The van der Waals surface area contributed by atoms with Gasteiger partial charge in [-0.25, -0.2) is 0 Å². The van der Waals surface area contributed by atoms with Crippen LogP contribution in [0.4, 0.5) is 0 Å². The third kappa shape index (κ3) is 4.26. The SMILES string of the molecule is CN1CCC(CN)(c2cccs2)CC1.O=Cc1ccccc1.